The summed E-state index contributed by atoms with van der Waals surface area (Å²) in [7, 11) is -13.0. The number of benzene rings is 4. The zero-order chi connectivity index (χ0) is 103. The summed E-state index contributed by atoms with van der Waals surface area (Å²) in [5.41, 5.74) is 13.4. The fourth-order valence-corrected chi connectivity index (χ4v) is 23.9. The molecule has 17 rings (SSSR count). The number of sulfonamides is 4. The first kappa shape index (κ1) is 105. The van der Waals surface area contributed by atoms with Gasteiger partial charge in [0.15, 0.2) is 11.4 Å². The lowest BCUT2D eigenvalue weighted by Gasteiger charge is -2.27. The van der Waals surface area contributed by atoms with Crippen molar-refractivity contribution in [3.63, 3.8) is 0 Å². The Morgan fingerprint density at radius 3 is 1.24 bits per heavy atom. The number of aromatic nitrogens is 7. The van der Waals surface area contributed by atoms with Crippen LogP contribution in [-0.2, 0) is 51.3 Å². The van der Waals surface area contributed by atoms with Crippen LogP contribution in [0.2, 0.25) is 17.3 Å². The van der Waals surface area contributed by atoms with Crippen molar-refractivity contribution in [1.82, 2.24) is 57.4 Å². The first-order chi connectivity index (χ1) is 68.6. The van der Waals surface area contributed by atoms with Gasteiger partial charge in [-0.3, -0.25) is 47.3 Å². The summed E-state index contributed by atoms with van der Waals surface area (Å²) in [5, 5.41) is 40.6. The van der Waals surface area contributed by atoms with E-state index in [9.17, 15) is 96.8 Å². The number of hydrogen-bond donors (Lipinski definition) is 14. The minimum atomic E-state index is -4.13. The molecule has 0 aliphatic carbocycles. The maximum absolute atomic E-state index is 13.2. The summed E-state index contributed by atoms with van der Waals surface area (Å²) in [6.45, 7) is 4.19. The van der Waals surface area contributed by atoms with Gasteiger partial charge in [0, 0.05) is 82.6 Å². The van der Waals surface area contributed by atoms with E-state index in [1.807, 2.05) is 31.0 Å². The number of likely N-dealkylation sites (tertiary alicyclic amines) is 1. The van der Waals surface area contributed by atoms with E-state index < -0.39 is 110 Å². The molecule has 144 heavy (non-hydrogen) atoms. The smallest absolute Gasteiger partial charge is 0.333 e. The largest absolute Gasteiger partial charge is 0.505 e. The zero-order valence-electron chi connectivity index (χ0n) is 74.2. The van der Waals surface area contributed by atoms with Gasteiger partial charge in [0.25, 0.3) is 74.5 Å². The van der Waals surface area contributed by atoms with E-state index in [-0.39, 0.29) is 119 Å². The van der Waals surface area contributed by atoms with Crippen LogP contribution >= 0.6 is 91.8 Å². The third-order valence-corrected chi connectivity index (χ3v) is 33.2. The molecule has 0 radical (unpaired) electrons. The molecule has 2 aliphatic heterocycles. The van der Waals surface area contributed by atoms with E-state index in [4.69, 9.17) is 57.9 Å². The number of fused-ring (bicyclic) bond motifs is 4. The number of nitrogens with one attached hydrogen (secondary N) is 11. The van der Waals surface area contributed by atoms with Crippen molar-refractivity contribution >= 4 is 258 Å². The number of piperidine rings is 1. The zero-order valence-corrected chi connectivity index (χ0v) is 83.7. The van der Waals surface area contributed by atoms with Crippen LogP contribution in [-0.4, -0.2) is 165 Å². The predicted molar refractivity (Wildman–Crippen MR) is 549 cm³/mol. The minimum Gasteiger partial charge on any atom is -0.505 e. The molecule has 742 valence electrons. The Bertz CT molecular complexity index is 8350. The van der Waals surface area contributed by atoms with Crippen molar-refractivity contribution < 1.29 is 77.1 Å². The summed E-state index contributed by atoms with van der Waals surface area (Å²) in [4.78, 5) is 158. The molecule has 55 heteroatoms. The summed E-state index contributed by atoms with van der Waals surface area (Å²) >= 11 is 26.2. The van der Waals surface area contributed by atoms with E-state index in [2.05, 4.69) is 68.1 Å². The van der Waals surface area contributed by atoms with E-state index >= 15 is 0 Å². The molecule has 12 amide bonds. The van der Waals surface area contributed by atoms with Gasteiger partial charge >= 0.3 is 24.1 Å². The molecule has 15 aromatic rings. The maximum atomic E-state index is 13.2. The van der Waals surface area contributed by atoms with Crippen LogP contribution in [0.15, 0.2) is 244 Å². The number of pyridine rings is 7. The molecule has 1 fully saturated rings. The molecular formula is C89H75Cl4N23O20S8. The van der Waals surface area contributed by atoms with Crippen LogP contribution in [0.4, 0.5) is 64.8 Å². The molecule has 4 aromatic carbocycles. The molecule has 0 bridgehead atoms. The number of halogens is 4. The van der Waals surface area contributed by atoms with Crippen LogP contribution in [0.3, 0.4) is 0 Å². The number of nitriles is 1. The Hall–Kier alpha value is -15.3. The summed E-state index contributed by atoms with van der Waals surface area (Å²) in [6, 6.07) is 41.4. The molecule has 1 saturated heterocycles. The Morgan fingerprint density at radius 2 is 0.840 bits per heavy atom. The molecule has 0 saturated carbocycles. The van der Waals surface area contributed by atoms with E-state index in [0.29, 0.717) is 33.0 Å². The topological polar surface area (TPSA) is 626 Å². The lowest BCUT2D eigenvalue weighted by Crippen LogP contribution is -2.43. The highest BCUT2D eigenvalue weighted by molar-refractivity contribution is 7.93. The van der Waals surface area contributed by atoms with Crippen LogP contribution in [0, 0.1) is 11.3 Å². The van der Waals surface area contributed by atoms with E-state index in [1.165, 1.54) is 177 Å². The number of rotatable bonds is 25. The van der Waals surface area contributed by atoms with Gasteiger partial charge in [-0.1, -0.05) is 71.0 Å². The molecule has 0 unspecified atom stereocenters. The average molecular weight is 2190 g/mol. The number of carbonyl (C=O) groups is 8. The van der Waals surface area contributed by atoms with Gasteiger partial charge < -0.3 is 58.7 Å². The van der Waals surface area contributed by atoms with Gasteiger partial charge in [-0.2, -0.15) is 5.26 Å². The molecule has 43 nitrogen and oxygen atoms in total. The lowest BCUT2D eigenvalue weighted by atomic mass is 9.97. The van der Waals surface area contributed by atoms with Gasteiger partial charge in [0.2, 0.25) is 5.91 Å². The van der Waals surface area contributed by atoms with Gasteiger partial charge in [0.05, 0.1) is 87.8 Å². The van der Waals surface area contributed by atoms with Crippen molar-refractivity contribution in [1.29, 1.82) is 5.26 Å². The maximum Gasteiger partial charge on any atom is 0.333 e. The second kappa shape index (κ2) is 44.9. The number of primary amides is 2. The number of anilines is 8. The number of urea groups is 4. The first-order valence-electron chi connectivity index (χ1n) is 41.9. The van der Waals surface area contributed by atoms with Crippen LogP contribution < -0.4 is 89.2 Å². The number of nitrogens with two attached hydrogens (primary N) is 2. The molecular weight excluding hydrogens is 2110 g/mol. The molecule has 16 N–H and O–H groups in total. The summed E-state index contributed by atoms with van der Waals surface area (Å²) in [6.07, 6.45) is 12.5. The molecule has 0 spiro atoms. The number of aromatic hydroxyl groups is 1. The Labute approximate surface area is 852 Å². The number of carbonyl (C=O) groups excluding carboxylic acids is 8. The highest BCUT2D eigenvalue weighted by atomic mass is 35.5. The predicted octanol–water partition coefficient (Wildman–Crippen LogP) is 13.0. The lowest BCUT2D eigenvalue weighted by molar-refractivity contribution is -0.117. The summed E-state index contributed by atoms with van der Waals surface area (Å²) in [5.74, 6) is -2.76. The second-order valence-corrected chi connectivity index (χ2v) is 45.0. The Balaban J connectivity index is 0.000000153. The number of nitrogens with zero attached hydrogens (tertiary/aromatic N) is 10. The molecule has 11 aromatic heterocycles. The fourth-order valence-electron chi connectivity index (χ4n) is 14.4. The number of hydrogen-bond acceptors (Lipinski definition) is 33. The fraction of sp³-hybridized carbons (Fsp3) is 0.124. The second-order valence-electron chi connectivity index (χ2n) is 30.5. The quantitative estimate of drug-likeness (QED) is 0.0187. The molecule has 0 atom stereocenters. The standard InChI is InChI=1S/C27H29ClN6O5S2.C21H17ClN6O5S2.C21H15ClN6O4S2.C20H14ClN5O6S2/c28-22-8-10-25(40-22)41(38,39)32-27(37)31-20-6-9-23(30-17-20)34-24(35)16-18-15-19(5-7-21(18)26(34)36)29-11-4-14-33-12-2-1-3-13-33;1-24-11-2-4-13-14(8-11)15(19(23)29)10-28(20(13)30)17-6-3-12(9-25-17)26-21(31)27-35(32,33)18-7-5-16(22)34-18;1-24-13-2-4-15-16(8-13)12(9-23)11-28(20(15)29)18-6-3-14(10-25-18)26-21(30)27-34(31,32)19-7-5-17(22)33-19;21-13-6-8-15(33-13)34(31,32)25-20(30)24-10-5-7-14(23-9-10)26-16(18(22)28)17(27)11-3-1-2-4-12(11)19(26)29/h5-10,15,17,29H,1-4,11-14,16H2,(H2,31,32,37);2-10,24H,1H3,(H2,23,29)(H2,26,27,31);2-8,10-11,24H,1H3,(H2,26,27,30);1-9,27H,(H2,22,28)(H2,24,25,30). The van der Waals surface area contributed by atoms with Crippen molar-refractivity contribution in [2.45, 2.75) is 48.9 Å². The van der Waals surface area contributed by atoms with E-state index in [1.54, 1.807) is 68.7 Å². The SMILES string of the molecule is CNc1ccc2c(=O)n(-c3ccc(NC(=O)NS(=O)(=O)c4ccc(Cl)s4)cn3)cc(C#N)c2c1.CNc1ccc2c(=O)n(-c3ccc(NC(=O)NS(=O)(=O)c4ccc(Cl)s4)cn3)cc(C(N)=O)c2c1.NC(=O)c1c(O)c2ccccc2c(=O)n1-c1ccc(NC(=O)NS(=O)(=O)c2ccc(Cl)s2)cn1.O=C(Nc1ccc(N2C(=O)Cc3cc(NCCCN4CCCCC4)ccc3C2=O)nc1)NS(=O)(=O)c1ccc(Cl)s1. The van der Waals surface area contributed by atoms with Gasteiger partial charge in [-0.25, -0.2) is 96.6 Å². The van der Waals surface area contributed by atoms with Crippen molar-refractivity contribution in [2.24, 2.45) is 11.5 Å². The monoisotopic (exact) mass is 2180 g/mol. The first-order valence-corrected chi connectivity index (χ1v) is 52.6. The van der Waals surface area contributed by atoms with Crippen molar-refractivity contribution in [3.05, 3.63) is 289 Å². The third-order valence-electron chi connectivity index (χ3n) is 21.0. The molecule has 2 aliphatic rings. The average Bonchev–Trinajstić information content (AvgIpc) is 0.918. The Kier molecular flexibility index (Phi) is 32.6. The van der Waals surface area contributed by atoms with Crippen molar-refractivity contribution in [3.8, 4) is 29.3 Å². The van der Waals surface area contributed by atoms with Crippen LogP contribution in [0.1, 0.15) is 68.0 Å². The normalized spacial score (nSPS) is 12.5. The van der Waals surface area contributed by atoms with Gasteiger partial charge in [-0.15, -0.1) is 45.3 Å². The van der Waals surface area contributed by atoms with Crippen LogP contribution in [0.25, 0.3) is 49.8 Å². The summed E-state index contributed by atoms with van der Waals surface area (Å²) < 4.78 is 109. The highest BCUT2D eigenvalue weighted by Crippen LogP contribution is 2.35. The van der Waals surface area contributed by atoms with Crippen LogP contribution in [0.5, 0.6) is 5.75 Å². The number of amides is 12. The highest BCUT2D eigenvalue weighted by Gasteiger charge is 2.35. The number of imide groups is 1. The van der Waals surface area contributed by atoms with Crippen molar-refractivity contribution in [2.75, 3.05) is 82.4 Å². The van der Waals surface area contributed by atoms with Gasteiger partial charge in [-0.05, 0) is 202 Å². The minimum absolute atomic E-state index is 0.0407. The Morgan fingerprint density at radius 1 is 0.444 bits per heavy atom. The van der Waals surface area contributed by atoms with E-state index in [0.717, 1.165) is 96.5 Å². The van der Waals surface area contributed by atoms with Gasteiger partial charge in [0.1, 0.15) is 46.2 Å². The molecule has 13 heterocycles. The third kappa shape index (κ3) is 24.9. The number of thiophene rings is 4.